The number of rotatable bonds is 6. The zero-order chi connectivity index (χ0) is 19.4. The first-order chi connectivity index (χ1) is 12.9. The van der Waals surface area contributed by atoms with Crippen molar-refractivity contribution in [1.29, 1.82) is 0 Å². The fourth-order valence-corrected chi connectivity index (χ4v) is 2.68. The number of halogens is 2. The lowest BCUT2D eigenvalue weighted by Gasteiger charge is -2.13. The Bertz CT molecular complexity index is 961. The van der Waals surface area contributed by atoms with Crippen molar-refractivity contribution >= 4 is 28.9 Å². The summed E-state index contributed by atoms with van der Waals surface area (Å²) in [7, 11) is 0. The molecule has 27 heavy (non-hydrogen) atoms. The second-order valence-corrected chi connectivity index (χ2v) is 6.32. The van der Waals surface area contributed by atoms with Crippen molar-refractivity contribution in [1.82, 2.24) is 20.2 Å². The normalized spacial score (nSPS) is 11.8. The number of nitrogens with zero attached hydrogens (tertiary/aromatic N) is 4. The van der Waals surface area contributed by atoms with Crippen molar-refractivity contribution in [3.8, 4) is 10.7 Å². The maximum atomic E-state index is 13.2. The first-order valence-electron chi connectivity index (χ1n) is 7.69. The molecule has 0 bridgehead atoms. The van der Waals surface area contributed by atoms with Gasteiger partial charge in [-0.05, 0) is 35.7 Å². The van der Waals surface area contributed by atoms with Gasteiger partial charge in [0.15, 0.2) is 24.3 Å². The van der Waals surface area contributed by atoms with Gasteiger partial charge in [0.2, 0.25) is 5.82 Å². The van der Waals surface area contributed by atoms with Crippen molar-refractivity contribution < 1.29 is 23.1 Å². The van der Waals surface area contributed by atoms with Crippen molar-refractivity contribution in [3.63, 3.8) is 0 Å². The minimum atomic E-state index is -1.16. The van der Waals surface area contributed by atoms with Crippen LogP contribution >= 0.6 is 11.3 Å². The molecule has 0 saturated heterocycles. The van der Waals surface area contributed by atoms with Crippen LogP contribution in [0.3, 0.4) is 0 Å². The molecule has 3 rings (SSSR count). The lowest BCUT2D eigenvalue weighted by Crippen LogP contribution is -2.31. The Morgan fingerprint density at radius 1 is 1.30 bits per heavy atom. The summed E-state index contributed by atoms with van der Waals surface area (Å²) in [6.45, 7) is 1.01. The smallest absolute Gasteiger partial charge is 0.330 e. The summed E-state index contributed by atoms with van der Waals surface area (Å²) in [5, 5.41) is 15.8. The van der Waals surface area contributed by atoms with Gasteiger partial charge in [-0.1, -0.05) is 6.07 Å². The fraction of sp³-hybridized carbons (Fsp3) is 0.188. The monoisotopic (exact) mass is 393 g/mol. The Labute approximate surface area is 155 Å². The summed E-state index contributed by atoms with van der Waals surface area (Å²) in [6.07, 6.45) is -1.16. The Hall–Kier alpha value is -3.21. The quantitative estimate of drug-likeness (QED) is 0.645. The predicted octanol–water partition coefficient (Wildman–Crippen LogP) is 2.25. The Balaban J connectivity index is 1.53. The summed E-state index contributed by atoms with van der Waals surface area (Å²) in [5.41, 5.74) is 0.0420. The van der Waals surface area contributed by atoms with E-state index in [1.165, 1.54) is 24.3 Å². The van der Waals surface area contributed by atoms with Crippen LogP contribution in [0.2, 0.25) is 0 Å². The molecular weight excluding hydrogens is 380 g/mol. The van der Waals surface area contributed by atoms with E-state index in [4.69, 9.17) is 4.74 Å². The van der Waals surface area contributed by atoms with E-state index in [1.54, 1.807) is 0 Å². The topological polar surface area (TPSA) is 99.0 Å². The highest BCUT2D eigenvalue weighted by Gasteiger charge is 2.20. The molecule has 11 heteroatoms. The van der Waals surface area contributed by atoms with Crippen molar-refractivity contribution in [2.75, 3.05) is 5.32 Å². The molecule has 0 spiro atoms. The molecule has 0 saturated carbocycles. The number of thiophene rings is 1. The highest BCUT2D eigenvalue weighted by atomic mass is 32.1. The zero-order valence-electron chi connectivity index (χ0n) is 13.9. The number of hydrogen-bond acceptors (Lipinski definition) is 7. The number of nitrogens with one attached hydrogen (secondary N) is 1. The van der Waals surface area contributed by atoms with E-state index in [-0.39, 0.29) is 12.2 Å². The van der Waals surface area contributed by atoms with Gasteiger partial charge < -0.3 is 10.1 Å². The van der Waals surface area contributed by atoms with Gasteiger partial charge in [0.05, 0.1) is 4.88 Å². The molecule has 8 nitrogen and oxygen atoms in total. The van der Waals surface area contributed by atoms with E-state index in [0.29, 0.717) is 5.82 Å². The van der Waals surface area contributed by atoms with Gasteiger partial charge in [0.25, 0.3) is 5.91 Å². The molecule has 140 valence electrons. The van der Waals surface area contributed by atoms with Gasteiger partial charge in [-0.15, -0.1) is 21.5 Å². The number of tetrazole rings is 1. The first kappa shape index (κ1) is 18.6. The van der Waals surface area contributed by atoms with Crippen LogP contribution in [0.1, 0.15) is 6.92 Å². The third-order valence-corrected chi connectivity index (χ3v) is 4.20. The molecule has 0 aliphatic carbocycles. The van der Waals surface area contributed by atoms with Gasteiger partial charge in [0, 0.05) is 11.8 Å². The molecular formula is C16H13F2N5O3S. The highest BCUT2D eigenvalue weighted by molar-refractivity contribution is 7.13. The third kappa shape index (κ3) is 4.70. The minimum Gasteiger partial charge on any atom is -0.451 e. The van der Waals surface area contributed by atoms with Gasteiger partial charge in [0.1, 0.15) is 0 Å². The van der Waals surface area contributed by atoms with Crippen LogP contribution in [0, 0.1) is 11.6 Å². The van der Waals surface area contributed by atoms with Crippen LogP contribution in [-0.4, -0.2) is 38.2 Å². The lowest BCUT2D eigenvalue weighted by molar-refractivity contribution is -0.154. The van der Waals surface area contributed by atoms with E-state index >= 15 is 0 Å². The van der Waals surface area contributed by atoms with Gasteiger partial charge >= 0.3 is 5.97 Å². The molecule has 2 aromatic heterocycles. The summed E-state index contributed by atoms with van der Waals surface area (Å²) in [4.78, 5) is 25.8. The fourth-order valence-electron chi connectivity index (χ4n) is 2.04. The molecule has 0 aliphatic heterocycles. The summed E-state index contributed by atoms with van der Waals surface area (Å²) >= 11 is 1.43. The number of aromatic nitrogens is 4. The van der Waals surface area contributed by atoms with E-state index in [1.807, 2.05) is 17.5 Å². The number of amides is 1. The summed E-state index contributed by atoms with van der Waals surface area (Å²) < 4.78 is 31.0. The second-order valence-electron chi connectivity index (χ2n) is 5.37. The molecule has 1 aromatic carbocycles. The van der Waals surface area contributed by atoms with Gasteiger partial charge in [-0.25, -0.2) is 13.6 Å². The average molecular weight is 393 g/mol. The van der Waals surface area contributed by atoms with Crippen LogP contribution in [-0.2, 0) is 20.9 Å². The number of anilines is 1. The number of carbonyl (C=O) groups is 2. The van der Waals surface area contributed by atoms with Gasteiger partial charge in [-0.3, -0.25) is 4.79 Å². The maximum absolute atomic E-state index is 13.2. The first-order valence-corrected chi connectivity index (χ1v) is 8.57. The molecule has 0 aliphatic rings. The Morgan fingerprint density at radius 3 is 2.81 bits per heavy atom. The summed E-state index contributed by atoms with van der Waals surface area (Å²) in [6, 6.07) is 6.55. The molecule has 0 fully saturated rings. The second kappa shape index (κ2) is 7.99. The maximum Gasteiger partial charge on any atom is 0.330 e. The van der Waals surface area contributed by atoms with Gasteiger partial charge in [-0.2, -0.15) is 4.80 Å². The number of esters is 1. The van der Waals surface area contributed by atoms with Crippen LogP contribution in [0.25, 0.3) is 10.7 Å². The molecule has 0 unspecified atom stereocenters. The van der Waals surface area contributed by atoms with E-state index < -0.39 is 29.6 Å². The summed E-state index contributed by atoms with van der Waals surface area (Å²) in [5.74, 6) is -3.20. The molecule has 2 heterocycles. The van der Waals surface area contributed by atoms with Crippen molar-refractivity contribution in [3.05, 3.63) is 47.3 Å². The SMILES string of the molecule is C[C@H](OC(=O)Cn1nnc(-c2cccs2)n1)C(=O)Nc1ccc(F)c(F)c1. The molecule has 1 amide bonds. The minimum absolute atomic E-state index is 0.0420. The molecule has 3 aromatic rings. The van der Waals surface area contributed by atoms with Crippen LogP contribution in [0.4, 0.5) is 14.5 Å². The van der Waals surface area contributed by atoms with Crippen LogP contribution in [0.5, 0.6) is 0 Å². The number of benzene rings is 1. The zero-order valence-corrected chi connectivity index (χ0v) is 14.7. The average Bonchev–Trinajstić information content (AvgIpc) is 3.29. The predicted molar refractivity (Wildman–Crippen MR) is 91.7 cm³/mol. The van der Waals surface area contributed by atoms with Crippen LogP contribution < -0.4 is 5.32 Å². The largest absolute Gasteiger partial charge is 0.451 e. The Morgan fingerprint density at radius 2 is 2.11 bits per heavy atom. The Kier molecular flexibility index (Phi) is 5.50. The highest BCUT2D eigenvalue weighted by Crippen LogP contribution is 2.19. The molecule has 1 N–H and O–H groups in total. The standard InChI is InChI=1S/C16H13F2N5O3S/c1-9(16(25)19-10-4-5-11(17)12(18)7-10)26-14(24)8-23-21-15(20-22-23)13-3-2-6-27-13/h2-7,9H,8H2,1H3,(H,19,25)/t9-/m0/s1. The van der Waals surface area contributed by atoms with Crippen LogP contribution in [0.15, 0.2) is 35.7 Å². The molecule has 1 atom stereocenters. The van der Waals surface area contributed by atoms with Crippen molar-refractivity contribution in [2.45, 2.75) is 19.6 Å². The number of ether oxygens (including phenoxy) is 1. The number of carbonyl (C=O) groups excluding carboxylic acids is 2. The van der Waals surface area contributed by atoms with E-state index in [2.05, 4.69) is 20.7 Å². The van der Waals surface area contributed by atoms with E-state index in [9.17, 15) is 18.4 Å². The van der Waals surface area contributed by atoms with E-state index in [0.717, 1.165) is 21.8 Å². The number of hydrogen-bond donors (Lipinski definition) is 1. The molecule has 0 radical (unpaired) electrons. The lowest BCUT2D eigenvalue weighted by atomic mass is 10.3. The van der Waals surface area contributed by atoms with Crippen molar-refractivity contribution in [2.24, 2.45) is 0 Å². The third-order valence-electron chi connectivity index (χ3n) is 3.33.